The summed E-state index contributed by atoms with van der Waals surface area (Å²) in [5, 5.41) is 0.841. The van der Waals surface area contributed by atoms with Gasteiger partial charge in [-0.1, -0.05) is 12.8 Å². The molecule has 0 spiro atoms. The molecule has 1 rings (SSSR count). The molecule has 0 saturated carbocycles. The van der Waals surface area contributed by atoms with Crippen molar-refractivity contribution in [2.24, 2.45) is 0 Å². The van der Waals surface area contributed by atoms with Gasteiger partial charge in [0.05, 0.1) is 6.54 Å². The molecule has 1 heterocycles. The zero-order valence-electron chi connectivity index (χ0n) is 7.05. The third-order valence-corrected chi connectivity index (χ3v) is 3.14. The van der Waals surface area contributed by atoms with Crippen molar-refractivity contribution in [3.05, 3.63) is 0 Å². The summed E-state index contributed by atoms with van der Waals surface area (Å²) in [6.07, 6.45) is 6.55. The number of terminal acetylenes is 1. The van der Waals surface area contributed by atoms with Crippen LogP contribution in [0.2, 0.25) is 0 Å². The minimum Gasteiger partial charge on any atom is -0.291 e. The van der Waals surface area contributed by atoms with E-state index >= 15 is 0 Å². The Bertz CT molecular complexity index is 150. The second-order valence-electron chi connectivity index (χ2n) is 2.81. The van der Waals surface area contributed by atoms with Crippen LogP contribution in [0.15, 0.2) is 0 Å². The summed E-state index contributed by atoms with van der Waals surface area (Å²) in [7, 11) is 0. The van der Waals surface area contributed by atoms with Crippen LogP contribution in [0.5, 0.6) is 0 Å². The van der Waals surface area contributed by atoms with E-state index in [4.69, 9.17) is 6.42 Å². The summed E-state index contributed by atoms with van der Waals surface area (Å²) in [5.74, 6) is 3.92. The number of hydrogen-bond donors (Lipinski definition) is 0. The Kier molecular flexibility index (Phi) is 3.82. The van der Waals surface area contributed by atoms with Gasteiger partial charge >= 0.3 is 0 Å². The molecule has 0 amide bonds. The van der Waals surface area contributed by atoms with Gasteiger partial charge in [0, 0.05) is 18.3 Å². The Labute approximate surface area is 73.5 Å². The minimum absolute atomic E-state index is 0.834. The first-order chi connectivity index (χ1) is 5.36. The van der Waals surface area contributed by atoms with Gasteiger partial charge in [-0.3, -0.25) is 4.90 Å². The van der Waals surface area contributed by atoms with E-state index in [2.05, 4.69) is 29.5 Å². The molecule has 0 N–H and O–H groups in total. The van der Waals surface area contributed by atoms with Crippen molar-refractivity contribution in [1.82, 2.24) is 4.90 Å². The van der Waals surface area contributed by atoms with Crippen molar-refractivity contribution in [1.29, 1.82) is 0 Å². The lowest BCUT2D eigenvalue weighted by molar-refractivity contribution is 0.384. The SMILES string of the molecule is C#CCN1CCC(SCC)C1. The third kappa shape index (κ3) is 2.76. The summed E-state index contributed by atoms with van der Waals surface area (Å²) < 4.78 is 0. The van der Waals surface area contributed by atoms with E-state index in [0.717, 1.165) is 11.8 Å². The molecule has 1 aliphatic heterocycles. The molecule has 1 aliphatic rings. The Morgan fingerprint density at radius 1 is 1.73 bits per heavy atom. The average Bonchev–Trinajstić information content (AvgIpc) is 2.38. The van der Waals surface area contributed by atoms with Crippen LogP contribution in [0.25, 0.3) is 0 Å². The highest BCUT2D eigenvalue weighted by molar-refractivity contribution is 7.99. The van der Waals surface area contributed by atoms with Crippen LogP contribution in [-0.4, -0.2) is 35.5 Å². The number of hydrogen-bond acceptors (Lipinski definition) is 2. The second kappa shape index (κ2) is 4.69. The molecule has 0 aromatic heterocycles. The Balaban J connectivity index is 2.19. The van der Waals surface area contributed by atoms with Crippen LogP contribution in [0.3, 0.4) is 0 Å². The summed E-state index contributed by atoms with van der Waals surface area (Å²) in [4.78, 5) is 2.35. The maximum Gasteiger partial charge on any atom is 0.0599 e. The zero-order chi connectivity index (χ0) is 8.10. The van der Waals surface area contributed by atoms with Crippen molar-refractivity contribution in [2.45, 2.75) is 18.6 Å². The van der Waals surface area contributed by atoms with Crippen LogP contribution >= 0.6 is 11.8 Å². The number of thioether (sulfide) groups is 1. The molecule has 1 saturated heterocycles. The van der Waals surface area contributed by atoms with Gasteiger partial charge in [-0.25, -0.2) is 0 Å². The topological polar surface area (TPSA) is 3.24 Å². The van der Waals surface area contributed by atoms with Crippen LogP contribution in [-0.2, 0) is 0 Å². The molecule has 1 nitrogen and oxygen atoms in total. The fourth-order valence-electron chi connectivity index (χ4n) is 1.44. The Morgan fingerprint density at radius 2 is 2.55 bits per heavy atom. The monoisotopic (exact) mass is 169 g/mol. The Hall–Kier alpha value is -0.130. The number of likely N-dealkylation sites (tertiary alicyclic amines) is 1. The predicted molar refractivity (Wildman–Crippen MR) is 51.8 cm³/mol. The number of nitrogens with zero attached hydrogens (tertiary/aromatic N) is 1. The maximum atomic E-state index is 5.23. The first-order valence-corrected chi connectivity index (χ1v) is 5.19. The van der Waals surface area contributed by atoms with Crippen LogP contribution < -0.4 is 0 Å². The van der Waals surface area contributed by atoms with Crippen molar-refractivity contribution in [2.75, 3.05) is 25.4 Å². The van der Waals surface area contributed by atoms with E-state index in [-0.39, 0.29) is 0 Å². The fraction of sp³-hybridized carbons (Fsp3) is 0.778. The standard InChI is InChI=1S/C9H15NS/c1-3-6-10-7-5-9(8-10)11-4-2/h1,9H,4-8H2,2H3. The molecule has 2 heteroatoms. The van der Waals surface area contributed by atoms with Crippen molar-refractivity contribution in [3.63, 3.8) is 0 Å². The van der Waals surface area contributed by atoms with Crippen LogP contribution in [0.4, 0.5) is 0 Å². The molecular formula is C9H15NS. The Morgan fingerprint density at radius 3 is 3.18 bits per heavy atom. The molecule has 11 heavy (non-hydrogen) atoms. The summed E-state index contributed by atoms with van der Waals surface area (Å²) in [6, 6.07) is 0. The summed E-state index contributed by atoms with van der Waals surface area (Å²) >= 11 is 2.06. The third-order valence-electron chi connectivity index (χ3n) is 1.95. The largest absolute Gasteiger partial charge is 0.291 e. The molecular weight excluding hydrogens is 154 g/mol. The van der Waals surface area contributed by atoms with E-state index in [1.165, 1.54) is 25.3 Å². The van der Waals surface area contributed by atoms with Crippen LogP contribution in [0, 0.1) is 12.3 Å². The molecule has 0 aromatic carbocycles. The van der Waals surface area contributed by atoms with Gasteiger partial charge in [0.15, 0.2) is 0 Å². The lowest BCUT2D eigenvalue weighted by Crippen LogP contribution is -2.21. The van der Waals surface area contributed by atoms with E-state index in [0.29, 0.717) is 0 Å². The van der Waals surface area contributed by atoms with Crippen LogP contribution in [0.1, 0.15) is 13.3 Å². The molecule has 0 aliphatic carbocycles. The molecule has 1 atom stereocenters. The van der Waals surface area contributed by atoms with E-state index in [9.17, 15) is 0 Å². The first-order valence-electron chi connectivity index (χ1n) is 4.14. The van der Waals surface area contributed by atoms with E-state index in [1.54, 1.807) is 0 Å². The van der Waals surface area contributed by atoms with Gasteiger partial charge < -0.3 is 0 Å². The van der Waals surface area contributed by atoms with Gasteiger partial charge in [0.25, 0.3) is 0 Å². The van der Waals surface area contributed by atoms with E-state index in [1.807, 2.05) is 0 Å². The van der Waals surface area contributed by atoms with Gasteiger partial charge in [-0.05, 0) is 12.2 Å². The summed E-state index contributed by atoms with van der Waals surface area (Å²) in [5.41, 5.74) is 0. The van der Waals surface area contributed by atoms with Gasteiger partial charge in [0.2, 0.25) is 0 Å². The highest BCUT2D eigenvalue weighted by Crippen LogP contribution is 2.21. The van der Waals surface area contributed by atoms with Crippen molar-refractivity contribution in [3.8, 4) is 12.3 Å². The first kappa shape index (κ1) is 8.96. The second-order valence-corrected chi connectivity index (χ2v) is 4.38. The van der Waals surface area contributed by atoms with Crippen molar-refractivity contribution >= 4 is 11.8 Å². The normalized spacial score (nSPS) is 25.3. The molecule has 1 unspecified atom stereocenters. The fourth-order valence-corrected chi connectivity index (χ4v) is 2.50. The quantitative estimate of drug-likeness (QED) is 0.588. The number of rotatable bonds is 3. The minimum atomic E-state index is 0.834. The average molecular weight is 169 g/mol. The lowest BCUT2D eigenvalue weighted by Gasteiger charge is -2.11. The van der Waals surface area contributed by atoms with Gasteiger partial charge in [-0.15, -0.1) is 6.42 Å². The predicted octanol–water partition coefficient (Wildman–Crippen LogP) is 1.45. The van der Waals surface area contributed by atoms with E-state index < -0.39 is 0 Å². The zero-order valence-corrected chi connectivity index (χ0v) is 7.86. The molecule has 0 aromatic rings. The highest BCUT2D eigenvalue weighted by atomic mass is 32.2. The van der Waals surface area contributed by atoms with Gasteiger partial charge in [-0.2, -0.15) is 11.8 Å². The smallest absolute Gasteiger partial charge is 0.0599 e. The molecule has 1 fully saturated rings. The maximum absolute atomic E-state index is 5.23. The van der Waals surface area contributed by atoms with Gasteiger partial charge in [0.1, 0.15) is 0 Å². The lowest BCUT2D eigenvalue weighted by atomic mass is 10.4. The highest BCUT2D eigenvalue weighted by Gasteiger charge is 2.20. The molecule has 0 bridgehead atoms. The van der Waals surface area contributed by atoms with Crippen molar-refractivity contribution < 1.29 is 0 Å². The molecule has 0 radical (unpaired) electrons. The summed E-state index contributed by atoms with van der Waals surface area (Å²) in [6.45, 7) is 5.44. The molecule has 62 valence electrons.